The smallest absolute Gasteiger partial charge is 0.275 e. The van der Waals surface area contributed by atoms with E-state index in [0.29, 0.717) is 0 Å². The summed E-state index contributed by atoms with van der Waals surface area (Å²) in [5.74, 6) is -1.73. The molecule has 1 saturated heterocycles. The van der Waals surface area contributed by atoms with Gasteiger partial charge >= 0.3 is 0 Å². The molecule has 1 atom stereocenters. The SMILES string of the molecule is O=C(Cc1ccccc1)NC1CCC(=O)N(O)C1=O. The van der Waals surface area contributed by atoms with Crippen LogP contribution in [0.15, 0.2) is 30.3 Å². The van der Waals surface area contributed by atoms with Crippen LogP contribution in [-0.4, -0.2) is 34.0 Å². The molecule has 100 valence electrons. The Labute approximate surface area is 110 Å². The molecule has 2 N–H and O–H groups in total. The molecule has 1 unspecified atom stereocenters. The van der Waals surface area contributed by atoms with E-state index in [1.54, 1.807) is 0 Å². The Bertz CT molecular complexity index is 501. The molecule has 1 aromatic carbocycles. The number of benzene rings is 1. The number of nitrogens with one attached hydrogen (secondary N) is 1. The summed E-state index contributed by atoms with van der Waals surface area (Å²) in [5.41, 5.74) is 0.834. The second-order valence-corrected chi connectivity index (χ2v) is 4.36. The van der Waals surface area contributed by atoms with Crippen molar-refractivity contribution in [3.63, 3.8) is 0 Å². The quantitative estimate of drug-likeness (QED) is 0.604. The summed E-state index contributed by atoms with van der Waals surface area (Å²) in [5, 5.41) is 11.8. The minimum atomic E-state index is -0.834. The van der Waals surface area contributed by atoms with Gasteiger partial charge in [-0.05, 0) is 12.0 Å². The van der Waals surface area contributed by atoms with Crippen molar-refractivity contribution in [3.8, 4) is 0 Å². The molecule has 1 fully saturated rings. The fourth-order valence-corrected chi connectivity index (χ4v) is 1.93. The molecule has 0 aromatic heterocycles. The van der Waals surface area contributed by atoms with Crippen LogP contribution in [0.3, 0.4) is 0 Å². The number of hydroxylamine groups is 2. The van der Waals surface area contributed by atoms with Gasteiger partial charge in [0.1, 0.15) is 6.04 Å². The topological polar surface area (TPSA) is 86.7 Å². The van der Waals surface area contributed by atoms with Crippen LogP contribution >= 0.6 is 0 Å². The maximum atomic E-state index is 11.8. The van der Waals surface area contributed by atoms with Crippen molar-refractivity contribution in [2.45, 2.75) is 25.3 Å². The van der Waals surface area contributed by atoms with Gasteiger partial charge in [0.25, 0.3) is 11.8 Å². The molecular weight excluding hydrogens is 248 g/mol. The molecule has 6 nitrogen and oxygen atoms in total. The van der Waals surface area contributed by atoms with Gasteiger partial charge in [-0.3, -0.25) is 19.6 Å². The molecule has 1 aliphatic heterocycles. The van der Waals surface area contributed by atoms with Gasteiger partial charge < -0.3 is 5.32 Å². The zero-order valence-corrected chi connectivity index (χ0v) is 10.2. The first-order chi connectivity index (χ1) is 9.08. The number of hydrogen-bond acceptors (Lipinski definition) is 4. The lowest BCUT2D eigenvalue weighted by atomic mass is 10.0. The maximum Gasteiger partial charge on any atom is 0.275 e. The first-order valence-corrected chi connectivity index (χ1v) is 5.97. The van der Waals surface area contributed by atoms with Gasteiger partial charge in [-0.25, -0.2) is 0 Å². The van der Waals surface area contributed by atoms with E-state index in [0.717, 1.165) is 5.56 Å². The zero-order valence-electron chi connectivity index (χ0n) is 10.2. The van der Waals surface area contributed by atoms with Crippen molar-refractivity contribution in [2.75, 3.05) is 0 Å². The van der Waals surface area contributed by atoms with E-state index in [1.807, 2.05) is 30.3 Å². The fraction of sp³-hybridized carbons (Fsp3) is 0.308. The number of imide groups is 1. The highest BCUT2D eigenvalue weighted by Gasteiger charge is 2.34. The minimum absolute atomic E-state index is 0.0402. The summed E-state index contributed by atoms with van der Waals surface area (Å²) in [6.07, 6.45) is 0.414. The summed E-state index contributed by atoms with van der Waals surface area (Å²) in [6, 6.07) is 8.28. The highest BCUT2D eigenvalue weighted by Crippen LogP contribution is 2.11. The summed E-state index contributed by atoms with van der Waals surface area (Å²) in [7, 11) is 0. The molecule has 0 spiro atoms. The van der Waals surface area contributed by atoms with E-state index in [-0.39, 0.29) is 30.2 Å². The van der Waals surface area contributed by atoms with E-state index in [9.17, 15) is 19.6 Å². The Morgan fingerprint density at radius 1 is 1.32 bits per heavy atom. The van der Waals surface area contributed by atoms with Crippen LogP contribution in [0.1, 0.15) is 18.4 Å². The average molecular weight is 262 g/mol. The van der Waals surface area contributed by atoms with Crippen LogP contribution in [0.25, 0.3) is 0 Å². The van der Waals surface area contributed by atoms with Crippen molar-refractivity contribution in [2.24, 2.45) is 0 Å². The lowest BCUT2D eigenvalue weighted by molar-refractivity contribution is -0.185. The molecule has 6 heteroatoms. The number of nitrogens with zero attached hydrogens (tertiary/aromatic N) is 1. The van der Waals surface area contributed by atoms with E-state index >= 15 is 0 Å². The van der Waals surface area contributed by atoms with Crippen LogP contribution < -0.4 is 5.32 Å². The third-order valence-electron chi connectivity index (χ3n) is 2.93. The summed E-state index contributed by atoms with van der Waals surface area (Å²) in [6.45, 7) is 0. The maximum absolute atomic E-state index is 11.8. The summed E-state index contributed by atoms with van der Waals surface area (Å²) >= 11 is 0. The molecule has 19 heavy (non-hydrogen) atoms. The zero-order chi connectivity index (χ0) is 13.8. The lowest BCUT2D eigenvalue weighted by Gasteiger charge is -2.26. The third kappa shape index (κ3) is 3.17. The third-order valence-corrected chi connectivity index (χ3v) is 2.93. The Morgan fingerprint density at radius 3 is 2.68 bits per heavy atom. The van der Waals surface area contributed by atoms with Crippen molar-refractivity contribution in [1.29, 1.82) is 0 Å². The van der Waals surface area contributed by atoms with E-state index in [4.69, 9.17) is 0 Å². The molecule has 0 aliphatic carbocycles. The van der Waals surface area contributed by atoms with Crippen molar-refractivity contribution >= 4 is 17.7 Å². The Hall–Kier alpha value is -2.21. The van der Waals surface area contributed by atoms with Crippen LogP contribution in [0.2, 0.25) is 0 Å². The van der Waals surface area contributed by atoms with Gasteiger partial charge in [-0.1, -0.05) is 30.3 Å². The van der Waals surface area contributed by atoms with E-state index in [2.05, 4.69) is 5.32 Å². The van der Waals surface area contributed by atoms with Crippen LogP contribution in [0.4, 0.5) is 0 Å². The molecule has 0 radical (unpaired) electrons. The second-order valence-electron chi connectivity index (χ2n) is 4.36. The van der Waals surface area contributed by atoms with E-state index < -0.39 is 17.9 Å². The molecule has 0 saturated carbocycles. The molecule has 2 rings (SSSR count). The summed E-state index contributed by atoms with van der Waals surface area (Å²) < 4.78 is 0. The standard InChI is InChI=1S/C13H14N2O4/c16-11(8-9-4-2-1-3-5-9)14-10-6-7-12(17)15(19)13(10)18/h1-5,10,19H,6-8H2,(H,14,16). The van der Waals surface area contributed by atoms with Gasteiger partial charge in [0.15, 0.2) is 0 Å². The van der Waals surface area contributed by atoms with Crippen molar-refractivity contribution < 1.29 is 19.6 Å². The normalized spacial score (nSPS) is 19.4. The van der Waals surface area contributed by atoms with E-state index in [1.165, 1.54) is 0 Å². The molecule has 1 aromatic rings. The van der Waals surface area contributed by atoms with Crippen LogP contribution in [0.5, 0.6) is 0 Å². The van der Waals surface area contributed by atoms with Gasteiger partial charge in [0.2, 0.25) is 5.91 Å². The van der Waals surface area contributed by atoms with Gasteiger partial charge in [-0.15, -0.1) is 0 Å². The Morgan fingerprint density at radius 2 is 2.00 bits per heavy atom. The highest BCUT2D eigenvalue weighted by atomic mass is 16.5. The second kappa shape index (κ2) is 5.62. The number of rotatable bonds is 3. The van der Waals surface area contributed by atoms with Crippen molar-refractivity contribution in [3.05, 3.63) is 35.9 Å². The Balaban J connectivity index is 1.92. The minimum Gasteiger partial charge on any atom is -0.344 e. The van der Waals surface area contributed by atoms with Crippen LogP contribution in [0, 0.1) is 0 Å². The summed E-state index contributed by atoms with van der Waals surface area (Å²) in [4.78, 5) is 34.4. The van der Waals surface area contributed by atoms with Gasteiger partial charge in [-0.2, -0.15) is 5.06 Å². The first-order valence-electron chi connectivity index (χ1n) is 5.97. The Kier molecular flexibility index (Phi) is 3.91. The predicted octanol–water partition coefficient (Wildman–Crippen LogP) is 0.252. The van der Waals surface area contributed by atoms with Crippen molar-refractivity contribution in [1.82, 2.24) is 10.4 Å². The molecular formula is C13H14N2O4. The number of carbonyl (C=O) groups excluding carboxylic acids is 3. The number of carbonyl (C=O) groups is 3. The highest BCUT2D eigenvalue weighted by molar-refractivity contribution is 6.00. The lowest BCUT2D eigenvalue weighted by Crippen LogP contribution is -2.53. The monoisotopic (exact) mass is 262 g/mol. The van der Waals surface area contributed by atoms with Gasteiger partial charge in [0.05, 0.1) is 6.42 Å². The largest absolute Gasteiger partial charge is 0.344 e. The number of amides is 3. The van der Waals surface area contributed by atoms with Crippen LogP contribution in [-0.2, 0) is 20.8 Å². The van der Waals surface area contributed by atoms with Gasteiger partial charge in [0, 0.05) is 6.42 Å². The molecule has 1 aliphatic rings. The average Bonchev–Trinajstić information content (AvgIpc) is 2.41. The molecule has 1 heterocycles. The molecule has 3 amide bonds. The fourth-order valence-electron chi connectivity index (χ4n) is 1.93. The number of piperidine rings is 1. The number of hydrogen-bond donors (Lipinski definition) is 2. The first kappa shape index (κ1) is 13.2. The predicted molar refractivity (Wildman–Crippen MR) is 65.0 cm³/mol. The molecule has 0 bridgehead atoms.